The SMILES string of the molecule is C[C@@H](Sc1nc2c(cnn2-c2ccccc2)c(=O)[nH]1)C(=O)NC[C@H]1CCCO1. The van der Waals surface area contributed by atoms with Gasteiger partial charge in [0.2, 0.25) is 5.91 Å². The van der Waals surface area contributed by atoms with Gasteiger partial charge in [0.1, 0.15) is 5.39 Å². The first-order valence-corrected chi connectivity index (χ1v) is 10.1. The Hall–Kier alpha value is -2.65. The number of benzene rings is 1. The van der Waals surface area contributed by atoms with Crippen molar-refractivity contribution in [2.75, 3.05) is 13.2 Å². The molecule has 9 heteroatoms. The van der Waals surface area contributed by atoms with Crippen LogP contribution in [0.1, 0.15) is 19.8 Å². The first kappa shape index (κ1) is 18.7. The zero-order valence-electron chi connectivity index (χ0n) is 15.4. The van der Waals surface area contributed by atoms with Crippen molar-refractivity contribution < 1.29 is 9.53 Å². The van der Waals surface area contributed by atoms with E-state index in [-0.39, 0.29) is 17.6 Å². The molecule has 0 bridgehead atoms. The van der Waals surface area contributed by atoms with E-state index in [9.17, 15) is 9.59 Å². The molecule has 1 aromatic carbocycles. The summed E-state index contributed by atoms with van der Waals surface area (Å²) in [4.78, 5) is 32.1. The Morgan fingerprint density at radius 3 is 3.00 bits per heavy atom. The molecule has 1 fully saturated rings. The van der Waals surface area contributed by atoms with Crippen LogP contribution in [0.15, 0.2) is 46.5 Å². The third-order valence-corrected chi connectivity index (χ3v) is 5.59. The second-order valence-corrected chi connectivity index (χ2v) is 7.97. The Morgan fingerprint density at radius 1 is 1.43 bits per heavy atom. The van der Waals surface area contributed by atoms with Crippen LogP contribution in [0.5, 0.6) is 0 Å². The second kappa shape index (κ2) is 8.15. The monoisotopic (exact) mass is 399 g/mol. The summed E-state index contributed by atoms with van der Waals surface area (Å²) in [5.74, 6) is -0.111. The average molecular weight is 399 g/mol. The van der Waals surface area contributed by atoms with Crippen molar-refractivity contribution in [3.05, 3.63) is 46.9 Å². The van der Waals surface area contributed by atoms with Gasteiger partial charge < -0.3 is 15.0 Å². The highest BCUT2D eigenvalue weighted by molar-refractivity contribution is 8.00. The fourth-order valence-corrected chi connectivity index (χ4v) is 3.91. The molecule has 8 nitrogen and oxygen atoms in total. The van der Waals surface area contributed by atoms with Gasteiger partial charge in [-0.05, 0) is 31.9 Å². The summed E-state index contributed by atoms with van der Waals surface area (Å²) in [5, 5.41) is 7.58. The van der Waals surface area contributed by atoms with Crippen LogP contribution in [-0.4, -0.2) is 50.2 Å². The number of rotatable bonds is 6. The predicted octanol–water partition coefficient (Wildman–Crippen LogP) is 1.88. The lowest BCUT2D eigenvalue weighted by Crippen LogP contribution is -2.36. The lowest BCUT2D eigenvalue weighted by atomic mass is 10.2. The van der Waals surface area contributed by atoms with E-state index in [1.807, 2.05) is 30.3 Å². The molecule has 2 aromatic heterocycles. The number of hydrogen-bond donors (Lipinski definition) is 2. The molecule has 4 rings (SSSR count). The maximum atomic E-state index is 12.4. The third-order valence-electron chi connectivity index (χ3n) is 4.60. The molecule has 3 aromatic rings. The predicted molar refractivity (Wildman–Crippen MR) is 107 cm³/mol. The van der Waals surface area contributed by atoms with Gasteiger partial charge >= 0.3 is 0 Å². The number of nitrogens with zero attached hydrogens (tertiary/aromatic N) is 3. The van der Waals surface area contributed by atoms with Gasteiger partial charge in [-0.25, -0.2) is 9.67 Å². The Balaban J connectivity index is 1.52. The van der Waals surface area contributed by atoms with Gasteiger partial charge in [0.15, 0.2) is 10.8 Å². The number of para-hydroxylation sites is 1. The number of aromatic amines is 1. The summed E-state index contributed by atoms with van der Waals surface area (Å²) in [5.41, 5.74) is 1.000. The van der Waals surface area contributed by atoms with Crippen LogP contribution >= 0.6 is 11.8 Å². The fourth-order valence-electron chi connectivity index (χ4n) is 3.10. The molecule has 1 aliphatic heterocycles. The highest BCUT2D eigenvalue weighted by atomic mass is 32.2. The number of nitrogens with one attached hydrogen (secondary N) is 2. The first-order valence-electron chi connectivity index (χ1n) is 9.21. The number of amides is 1. The van der Waals surface area contributed by atoms with E-state index in [2.05, 4.69) is 20.4 Å². The van der Waals surface area contributed by atoms with E-state index < -0.39 is 5.25 Å². The Kier molecular flexibility index (Phi) is 5.45. The number of fused-ring (bicyclic) bond motifs is 1. The van der Waals surface area contributed by atoms with Crippen LogP contribution < -0.4 is 10.9 Å². The van der Waals surface area contributed by atoms with Gasteiger partial charge in [-0.15, -0.1) is 0 Å². The van der Waals surface area contributed by atoms with E-state index in [1.54, 1.807) is 11.6 Å². The van der Waals surface area contributed by atoms with Crippen LogP contribution in [0.4, 0.5) is 0 Å². The number of hydrogen-bond acceptors (Lipinski definition) is 6. The molecule has 2 N–H and O–H groups in total. The number of carbonyl (C=O) groups is 1. The van der Waals surface area contributed by atoms with Crippen LogP contribution in [-0.2, 0) is 9.53 Å². The third kappa shape index (κ3) is 3.95. The number of ether oxygens (including phenoxy) is 1. The molecular formula is C19H21N5O3S. The number of carbonyl (C=O) groups excluding carboxylic acids is 1. The van der Waals surface area contributed by atoms with E-state index >= 15 is 0 Å². The van der Waals surface area contributed by atoms with Crippen molar-refractivity contribution in [1.29, 1.82) is 0 Å². The molecule has 1 amide bonds. The minimum absolute atomic E-state index is 0.0932. The maximum Gasteiger partial charge on any atom is 0.262 e. The largest absolute Gasteiger partial charge is 0.376 e. The Morgan fingerprint density at radius 2 is 2.25 bits per heavy atom. The number of aromatic nitrogens is 4. The maximum absolute atomic E-state index is 12.4. The summed E-state index contributed by atoms with van der Waals surface area (Å²) in [6.07, 6.45) is 3.60. The van der Waals surface area contributed by atoms with Crippen LogP contribution in [0.3, 0.4) is 0 Å². The van der Waals surface area contributed by atoms with E-state index in [1.165, 1.54) is 18.0 Å². The second-order valence-electron chi connectivity index (χ2n) is 6.64. The lowest BCUT2D eigenvalue weighted by Gasteiger charge is -2.14. The molecule has 0 radical (unpaired) electrons. The molecule has 0 spiro atoms. The van der Waals surface area contributed by atoms with Gasteiger partial charge in [0, 0.05) is 13.2 Å². The average Bonchev–Trinajstić information content (AvgIpc) is 3.36. The molecule has 146 valence electrons. The summed E-state index contributed by atoms with van der Waals surface area (Å²) in [6.45, 7) is 3.05. The summed E-state index contributed by atoms with van der Waals surface area (Å²) in [6, 6.07) is 9.48. The van der Waals surface area contributed by atoms with Crippen molar-refractivity contribution in [2.24, 2.45) is 0 Å². The standard InChI is InChI=1S/C19H21N5O3S/c1-12(17(25)20-10-14-8-5-9-27-14)28-19-22-16-15(18(26)23-19)11-21-24(16)13-6-3-2-4-7-13/h2-4,6-7,11-12,14H,5,8-10H2,1H3,(H,20,25)(H,22,23,26)/t12-,14-/m1/s1. The van der Waals surface area contributed by atoms with Gasteiger partial charge in [-0.3, -0.25) is 9.59 Å². The van der Waals surface area contributed by atoms with Crippen molar-refractivity contribution in [3.63, 3.8) is 0 Å². The summed E-state index contributed by atoms with van der Waals surface area (Å²) < 4.78 is 7.14. The zero-order valence-corrected chi connectivity index (χ0v) is 16.2. The van der Waals surface area contributed by atoms with Crippen LogP contribution in [0.2, 0.25) is 0 Å². The molecule has 3 heterocycles. The Labute approximate surface area is 165 Å². The van der Waals surface area contributed by atoms with Crippen molar-refractivity contribution in [2.45, 2.75) is 36.3 Å². The Bertz CT molecular complexity index is 1030. The summed E-state index contributed by atoms with van der Waals surface area (Å²) >= 11 is 1.21. The molecule has 2 atom stereocenters. The van der Waals surface area contributed by atoms with E-state index in [0.29, 0.717) is 22.7 Å². The van der Waals surface area contributed by atoms with Crippen LogP contribution in [0, 0.1) is 0 Å². The van der Waals surface area contributed by atoms with Crippen molar-refractivity contribution in [1.82, 2.24) is 25.1 Å². The van der Waals surface area contributed by atoms with Gasteiger partial charge in [-0.2, -0.15) is 5.10 Å². The first-order chi connectivity index (χ1) is 13.6. The number of H-pyrrole nitrogens is 1. The van der Waals surface area contributed by atoms with Gasteiger partial charge in [0.25, 0.3) is 5.56 Å². The topological polar surface area (TPSA) is 102 Å². The summed E-state index contributed by atoms with van der Waals surface area (Å²) in [7, 11) is 0. The molecule has 1 aliphatic rings. The quantitative estimate of drug-likeness (QED) is 0.485. The smallest absolute Gasteiger partial charge is 0.262 e. The zero-order chi connectivity index (χ0) is 19.5. The highest BCUT2D eigenvalue weighted by Gasteiger charge is 2.21. The lowest BCUT2D eigenvalue weighted by molar-refractivity contribution is -0.120. The molecule has 28 heavy (non-hydrogen) atoms. The molecule has 0 aliphatic carbocycles. The number of thioether (sulfide) groups is 1. The minimum atomic E-state index is -0.407. The van der Waals surface area contributed by atoms with Crippen LogP contribution in [0.25, 0.3) is 16.7 Å². The van der Waals surface area contributed by atoms with Crippen molar-refractivity contribution >= 4 is 28.7 Å². The molecule has 0 saturated carbocycles. The molecule has 1 saturated heterocycles. The fraction of sp³-hybridized carbons (Fsp3) is 0.368. The normalized spacial score (nSPS) is 17.7. The highest BCUT2D eigenvalue weighted by Crippen LogP contribution is 2.21. The van der Waals surface area contributed by atoms with Gasteiger partial charge in [0.05, 0.1) is 23.2 Å². The minimum Gasteiger partial charge on any atom is -0.376 e. The molecular weight excluding hydrogens is 378 g/mol. The van der Waals surface area contributed by atoms with Crippen molar-refractivity contribution in [3.8, 4) is 5.69 Å². The van der Waals surface area contributed by atoms with Gasteiger partial charge in [-0.1, -0.05) is 30.0 Å². The van der Waals surface area contributed by atoms with E-state index in [0.717, 1.165) is 25.1 Å². The van der Waals surface area contributed by atoms with E-state index in [4.69, 9.17) is 4.74 Å². The molecule has 0 unspecified atom stereocenters.